The second kappa shape index (κ2) is 6.82. The highest BCUT2D eigenvalue weighted by molar-refractivity contribution is 5.37. The predicted octanol–water partition coefficient (Wildman–Crippen LogP) is 3.13. The zero-order valence-electron chi connectivity index (χ0n) is 11.5. The van der Waals surface area contributed by atoms with Crippen LogP contribution in [0.5, 0.6) is 5.75 Å². The molecule has 0 amide bonds. The zero-order chi connectivity index (χ0) is 15.2. The van der Waals surface area contributed by atoms with E-state index >= 15 is 0 Å². The third-order valence-corrected chi connectivity index (χ3v) is 2.95. The molecular formula is C16H14F2N2O. The SMILES string of the molecule is CNCc1cccc(F)c1OCc1ccc(F)c(C#N)c1. The van der Waals surface area contributed by atoms with Crippen molar-refractivity contribution < 1.29 is 13.5 Å². The maximum absolute atomic E-state index is 13.8. The van der Waals surface area contributed by atoms with Gasteiger partial charge in [0.05, 0.1) is 5.56 Å². The summed E-state index contributed by atoms with van der Waals surface area (Å²) < 4.78 is 32.5. The molecule has 0 radical (unpaired) electrons. The maximum atomic E-state index is 13.8. The normalized spacial score (nSPS) is 10.2. The van der Waals surface area contributed by atoms with Crippen molar-refractivity contribution in [2.24, 2.45) is 0 Å². The van der Waals surface area contributed by atoms with E-state index in [1.54, 1.807) is 25.2 Å². The van der Waals surface area contributed by atoms with E-state index in [0.717, 1.165) is 0 Å². The van der Waals surface area contributed by atoms with Gasteiger partial charge in [0.15, 0.2) is 11.6 Å². The van der Waals surface area contributed by atoms with Crippen LogP contribution in [0.3, 0.4) is 0 Å². The highest BCUT2D eigenvalue weighted by Gasteiger charge is 2.10. The summed E-state index contributed by atoms with van der Waals surface area (Å²) in [4.78, 5) is 0. The third-order valence-electron chi connectivity index (χ3n) is 2.95. The second-order valence-electron chi connectivity index (χ2n) is 4.47. The van der Waals surface area contributed by atoms with Crippen molar-refractivity contribution in [2.75, 3.05) is 7.05 Å². The number of hydrogen-bond acceptors (Lipinski definition) is 3. The molecular weight excluding hydrogens is 274 g/mol. The van der Waals surface area contributed by atoms with Crippen molar-refractivity contribution in [3.63, 3.8) is 0 Å². The monoisotopic (exact) mass is 288 g/mol. The van der Waals surface area contributed by atoms with Crippen LogP contribution >= 0.6 is 0 Å². The van der Waals surface area contributed by atoms with Gasteiger partial charge in [0.25, 0.3) is 0 Å². The summed E-state index contributed by atoms with van der Waals surface area (Å²) in [5.74, 6) is -0.872. The fraction of sp³-hybridized carbons (Fsp3) is 0.188. The van der Waals surface area contributed by atoms with Crippen molar-refractivity contribution in [3.05, 3.63) is 64.7 Å². The quantitative estimate of drug-likeness (QED) is 0.919. The molecule has 0 saturated carbocycles. The average molecular weight is 288 g/mol. The van der Waals surface area contributed by atoms with Crippen LogP contribution < -0.4 is 10.1 Å². The van der Waals surface area contributed by atoms with Gasteiger partial charge in [-0.25, -0.2) is 8.78 Å². The van der Waals surface area contributed by atoms with Crippen LogP contribution in [-0.2, 0) is 13.2 Å². The van der Waals surface area contributed by atoms with Gasteiger partial charge in [0.1, 0.15) is 18.5 Å². The Morgan fingerprint density at radius 1 is 1.19 bits per heavy atom. The van der Waals surface area contributed by atoms with Crippen LogP contribution in [-0.4, -0.2) is 7.05 Å². The number of hydrogen-bond donors (Lipinski definition) is 1. The lowest BCUT2D eigenvalue weighted by molar-refractivity contribution is 0.286. The Morgan fingerprint density at radius 3 is 2.71 bits per heavy atom. The van der Waals surface area contributed by atoms with E-state index in [-0.39, 0.29) is 17.9 Å². The summed E-state index contributed by atoms with van der Waals surface area (Å²) in [6.07, 6.45) is 0. The van der Waals surface area contributed by atoms with Crippen LogP contribution in [0, 0.1) is 23.0 Å². The fourth-order valence-electron chi connectivity index (χ4n) is 1.95. The van der Waals surface area contributed by atoms with E-state index in [2.05, 4.69) is 5.32 Å². The molecule has 0 aliphatic heterocycles. The number of para-hydroxylation sites is 1. The molecule has 0 saturated heterocycles. The number of nitrogens with zero attached hydrogens (tertiary/aromatic N) is 1. The van der Waals surface area contributed by atoms with Crippen LogP contribution in [0.25, 0.3) is 0 Å². The van der Waals surface area contributed by atoms with E-state index in [1.165, 1.54) is 24.3 Å². The predicted molar refractivity (Wildman–Crippen MR) is 74.6 cm³/mol. The van der Waals surface area contributed by atoms with Gasteiger partial charge in [0.2, 0.25) is 0 Å². The second-order valence-corrected chi connectivity index (χ2v) is 4.47. The number of benzene rings is 2. The van der Waals surface area contributed by atoms with Gasteiger partial charge in [0, 0.05) is 12.1 Å². The van der Waals surface area contributed by atoms with Crippen molar-refractivity contribution in [3.8, 4) is 11.8 Å². The summed E-state index contributed by atoms with van der Waals surface area (Å²) in [7, 11) is 1.76. The van der Waals surface area contributed by atoms with Crippen molar-refractivity contribution in [1.29, 1.82) is 5.26 Å². The number of halogens is 2. The highest BCUT2D eigenvalue weighted by Crippen LogP contribution is 2.24. The first kappa shape index (κ1) is 14.9. The Labute approximate surface area is 121 Å². The van der Waals surface area contributed by atoms with Crippen molar-refractivity contribution in [1.82, 2.24) is 5.32 Å². The average Bonchev–Trinajstić information content (AvgIpc) is 2.48. The van der Waals surface area contributed by atoms with E-state index in [9.17, 15) is 8.78 Å². The summed E-state index contributed by atoms with van der Waals surface area (Å²) >= 11 is 0. The van der Waals surface area contributed by atoms with Gasteiger partial charge in [-0.15, -0.1) is 0 Å². The first-order chi connectivity index (χ1) is 10.2. The molecule has 2 aromatic carbocycles. The van der Waals surface area contributed by atoms with Crippen molar-refractivity contribution >= 4 is 0 Å². The molecule has 0 unspecified atom stereocenters. The molecule has 5 heteroatoms. The molecule has 0 fully saturated rings. The van der Waals surface area contributed by atoms with E-state index < -0.39 is 11.6 Å². The molecule has 0 bridgehead atoms. The Balaban J connectivity index is 2.19. The minimum absolute atomic E-state index is 0.0555. The van der Waals surface area contributed by atoms with Crippen LogP contribution in [0.1, 0.15) is 16.7 Å². The molecule has 1 N–H and O–H groups in total. The van der Waals surface area contributed by atoms with E-state index in [4.69, 9.17) is 10.00 Å². The molecule has 0 heterocycles. The highest BCUT2D eigenvalue weighted by atomic mass is 19.1. The Kier molecular flexibility index (Phi) is 4.85. The molecule has 108 valence electrons. The van der Waals surface area contributed by atoms with Crippen LogP contribution in [0.4, 0.5) is 8.78 Å². The van der Waals surface area contributed by atoms with Crippen molar-refractivity contribution in [2.45, 2.75) is 13.2 Å². The summed E-state index contributed by atoms with van der Waals surface area (Å²) in [6, 6.07) is 10.6. The lowest BCUT2D eigenvalue weighted by atomic mass is 10.1. The Bertz CT molecular complexity index is 680. The molecule has 2 aromatic rings. The Morgan fingerprint density at radius 2 is 2.00 bits per heavy atom. The third kappa shape index (κ3) is 3.56. The van der Waals surface area contributed by atoms with Crippen LogP contribution in [0.2, 0.25) is 0 Å². The van der Waals surface area contributed by atoms with Crippen LogP contribution in [0.15, 0.2) is 36.4 Å². The molecule has 0 spiro atoms. The van der Waals surface area contributed by atoms with Gasteiger partial charge in [-0.3, -0.25) is 0 Å². The number of nitrogens with one attached hydrogen (secondary N) is 1. The lowest BCUT2D eigenvalue weighted by Crippen LogP contribution is -2.09. The molecule has 0 aliphatic rings. The van der Waals surface area contributed by atoms with Gasteiger partial charge in [-0.05, 0) is 30.8 Å². The van der Waals surface area contributed by atoms with E-state index in [0.29, 0.717) is 17.7 Å². The summed E-state index contributed by atoms with van der Waals surface area (Å²) in [6.45, 7) is 0.534. The van der Waals surface area contributed by atoms with E-state index in [1.807, 2.05) is 0 Å². The first-order valence-corrected chi connectivity index (χ1v) is 6.39. The Hall–Kier alpha value is -2.45. The molecule has 0 aliphatic carbocycles. The zero-order valence-corrected chi connectivity index (χ0v) is 11.5. The molecule has 21 heavy (non-hydrogen) atoms. The van der Waals surface area contributed by atoms with Gasteiger partial charge in [-0.2, -0.15) is 5.26 Å². The minimum atomic E-state index is -0.581. The maximum Gasteiger partial charge on any atom is 0.165 e. The number of ether oxygens (including phenoxy) is 1. The van der Waals surface area contributed by atoms with Gasteiger partial charge >= 0.3 is 0 Å². The molecule has 3 nitrogen and oxygen atoms in total. The molecule has 2 rings (SSSR count). The largest absolute Gasteiger partial charge is 0.485 e. The topological polar surface area (TPSA) is 45.0 Å². The molecule has 0 aromatic heterocycles. The standard InChI is InChI=1S/C16H14F2N2O/c1-20-9-12-3-2-4-15(18)16(12)21-10-11-5-6-14(17)13(7-11)8-19/h2-7,20H,9-10H2,1H3. The number of nitriles is 1. The fourth-order valence-corrected chi connectivity index (χ4v) is 1.95. The number of rotatable bonds is 5. The first-order valence-electron chi connectivity index (χ1n) is 6.39. The lowest BCUT2D eigenvalue weighted by Gasteiger charge is -2.12. The van der Waals surface area contributed by atoms with Gasteiger partial charge in [-0.1, -0.05) is 18.2 Å². The smallest absolute Gasteiger partial charge is 0.165 e. The summed E-state index contributed by atoms with van der Waals surface area (Å²) in [5.41, 5.74) is 1.24. The summed E-state index contributed by atoms with van der Waals surface area (Å²) in [5, 5.41) is 11.7. The van der Waals surface area contributed by atoms with Gasteiger partial charge < -0.3 is 10.1 Å². The molecule has 0 atom stereocenters. The minimum Gasteiger partial charge on any atom is -0.485 e.